The predicted octanol–water partition coefficient (Wildman–Crippen LogP) is 40.6. The molecular weight excluding hydrogens is 1890 g/mol. The van der Waals surface area contributed by atoms with Crippen molar-refractivity contribution in [3.05, 3.63) is 261 Å². The molecule has 146 heavy (non-hydrogen) atoms. The molecule has 16 aromatic heterocycles. The van der Waals surface area contributed by atoms with E-state index >= 15 is 0 Å². The average molecular weight is 2050 g/mol. The molecule has 0 amide bonds. The van der Waals surface area contributed by atoms with Crippen LogP contribution in [0.5, 0.6) is 0 Å². The number of oxazole rings is 1. The lowest BCUT2D eigenvalue weighted by atomic mass is 9.86. The molecule has 0 bridgehead atoms. The maximum Gasteiger partial charge on any atom is 0.198 e. The Hall–Kier alpha value is -10.9. The second-order valence-corrected chi connectivity index (χ2v) is 52.8. The highest BCUT2D eigenvalue weighted by molar-refractivity contribution is 7.19. The summed E-state index contributed by atoms with van der Waals surface area (Å²) in [6.45, 7) is 75.8. The Morgan fingerprint density at radius 1 is 0.301 bits per heavy atom. The minimum absolute atomic E-state index is 0.126. The van der Waals surface area contributed by atoms with Crippen LogP contribution in [0.2, 0.25) is 0 Å². The zero-order valence-electron chi connectivity index (χ0n) is 93.3. The van der Waals surface area contributed by atoms with E-state index in [1.807, 2.05) is 62.8 Å². The van der Waals surface area contributed by atoms with Crippen molar-refractivity contribution in [2.75, 3.05) is 0 Å². The minimum atomic E-state index is 0.126. The molecule has 5 aromatic carbocycles. The second kappa shape index (κ2) is 41.2. The Labute approximate surface area is 885 Å². The molecule has 1 saturated carbocycles. The lowest BCUT2D eigenvalue weighted by molar-refractivity contribution is 0.501. The number of H-pyrrole nitrogens is 8. The number of imidazole rings is 1. The molecule has 0 atom stereocenters. The van der Waals surface area contributed by atoms with Gasteiger partial charge in [-0.1, -0.05) is 235 Å². The Morgan fingerprint density at radius 2 is 0.719 bits per heavy atom. The quantitative estimate of drug-likeness (QED) is 0.0476. The van der Waals surface area contributed by atoms with Crippen LogP contribution in [0, 0.1) is 0 Å². The van der Waals surface area contributed by atoms with E-state index < -0.39 is 0 Å². The molecule has 19 heteroatoms. The molecule has 0 radical (unpaired) electrons. The van der Waals surface area contributed by atoms with Crippen LogP contribution >= 0.6 is 56.7 Å². The van der Waals surface area contributed by atoms with E-state index in [2.05, 4.69) is 425 Å². The lowest BCUT2D eigenvalue weighted by Crippen LogP contribution is -2.15. The maximum absolute atomic E-state index is 5.89. The van der Waals surface area contributed by atoms with Gasteiger partial charge in [-0.3, -0.25) is 0 Å². The first-order chi connectivity index (χ1) is 69.1. The second-order valence-electron chi connectivity index (χ2n) is 47.4. The molecule has 16 heterocycles. The van der Waals surface area contributed by atoms with Gasteiger partial charge in [0.2, 0.25) is 0 Å². The van der Waals surface area contributed by atoms with Gasteiger partial charge in [-0.15, -0.1) is 56.7 Å². The third kappa shape index (κ3) is 20.2. The predicted molar refractivity (Wildman–Crippen MR) is 634 cm³/mol. The Bertz CT molecular complexity index is 7270. The molecule has 0 unspecified atom stereocenters. The molecular formula is C127H158N12O2S5. The number of benzene rings is 5. The number of nitrogens with zero attached hydrogens (tertiary/aromatic N) is 4. The zero-order chi connectivity index (χ0) is 105. The third-order valence-electron chi connectivity index (χ3n) is 30.2. The molecule has 4 aliphatic carbocycles. The van der Waals surface area contributed by atoms with E-state index in [1.54, 1.807) is 15.3 Å². The van der Waals surface area contributed by atoms with Crippen molar-refractivity contribution < 1.29 is 8.83 Å². The van der Waals surface area contributed by atoms with Gasteiger partial charge in [0.1, 0.15) is 22.7 Å². The number of fused-ring (bicyclic) bond motifs is 26. The van der Waals surface area contributed by atoms with Gasteiger partial charge in [0.05, 0.1) is 26.3 Å². The first-order valence-electron chi connectivity index (χ1n) is 54.2. The lowest BCUT2D eigenvalue weighted by Gasteiger charge is -2.19. The van der Waals surface area contributed by atoms with Gasteiger partial charge in [-0.05, 0) is 240 Å². The highest BCUT2D eigenvalue weighted by atomic mass is 32.1. The van der Waals surface area contributed by atoms with E-state index in [9.17, 15) is 0 Å². The van der Waals surface area contributed by atoms with Gasteiger partial charge in [0.15, 0.2) is 11.5 Å². The number of nitrogens with one attached hydrogen (secondary N) is 8. The molecule has 21 aromatic rings. The van der Waals surface area contributed by atoms with E-state index in [-0.39, 0.29) is 5.41 Å². The fraction of sp³-hybridized carbons (Fsp3) is 0.441. The molecule has 14 nitrogen and oxygen atoms in total. The van der Waals surface area contributed by atoms with Crippen LogP contribution in [0.15, 0.2) is 148 Å². The topological polar surface area (TPSA) is 196 Å². The number of rotatable bonds is 16. The molecule has 4 aliphatic rings. The molecule has 1 fully saturated rings. The van der Waals surface area contributed by atoms with Crippen LogP contribution < -0.4 is 0 Å². The smallest absolute Gasteiger partial charge is 0.198 e. The molecule has 25 rings (SSSR count). The van der Waals surface area contributed by atoms with Crippen molar-refractivity contribution in [2.45, 2.75) is 360 Å². The molecule has 768 valence electrons. The van der Waals surface area contributed by atoms with Crippen LogP contribution in [0.3, 0.4) is 0 Å². The summed E-state index contributed by atoms with van der Waals surface area (Å²) in [5.74, 6) is 11.6. The average Bonchev–Trinajstić information content (AvgIpc) is 1.52. The number of hydrogen-bond acceptors (Lipinski definition) is 10. The number of aromatic nitrogens is 12. The summed E-state index contributed by atoms with van der Waals surface area (Å²) < 4.78 is 16.6. The number of aryl methyl sites for hydroxylation is 1. The van der Waals surface area contributed by atoms with Crippen LogP contribution in [-0.2, 0) is 24.3 Å². The number of hydrogen-bond donors (Lipinski definition) is 8. The first kappa shape index (κ1) is 105. The van der Waals surface area contributed by atoms with E-state index in [0.29, 0.717) is 100 Å². The number of aromatic amines is 8. The Kier molecular flexibility index (Phi) is 29.6. The van der Waals surface area contributed by atoms with E-state index in [4.69, 9.17) is 18.8 Å². The van der Waals surface area contributed by atoms with Gasteiger partial charge >= 0.3 is 0 Å². The molecule has 1 spiro atoms. The summed E-state index contributed by atoms with van der Waals surface area (Å²) in [7, 11) is 2.10. The molecule has 0 saturated heterocycles. The van der Waals surface area contributed by atoms with Gasteiger partial charge in [-0.2, -0.15) is 0 Å². The van der Waals surface area contributed by atoms with Crippen molar-refractivity contribution >= 4 is 165 Å². The zero-order valence-corrected chi connectivity index (χ0v) is 97.4. The van der Waals surface area contributed by atoms with Gasteiger partial charge in [0.25, 0.3) is 0 Å². The summed E-state index contributed by atoms with van der Waals surface area (Å²) in [6.07, 6.45) is 3.76. The Balaban J connectivity index is 0.000000109. The standard InChI is InChI=1S/C17H21NS.C17H23NS.C16H21N3.C16H19NO.C16H19NS.C15H18N2O.C15H18N2S.C15H19NS/c1-9(2)13-7-11-15-12(8-14(19-15)10(3)4)17(5-6-17)16(11)18-13;1-9(2)13-7-11-15-12(8-14(19-15)10(3)4)17(5,6)16(11)18-13;1-9(2)13-8-11-12(17-13)6-7-14-15(11)18-16(10(3)4)19(14)5;2*1-9(2)14-7-11-12-8-16(10(3)4)18-15(12)6-5-13(11)17-14;2*1-8(2)12-7-10-11(16-12)5-6-13-14(10)17-15(18-13)9(3)4;1-8(2)12-7-11-13(16-12)5-10-6-14(9(3)4)17-15(10)11/h7-10,18H,5-6H2,1-4H3;7-10,18H,1-6H3;6-10,17H,1-5H3;2*5-10,17H,1-4H3;2*5-9,16H,1-4H3;6-9,16H,5H2,1-4H3. The summed E-state index contributed by atoms with van der Waals surface area (Å²) in [6, 6.07) is 51.6. The fourth-order valence-corrected chi connectivity index (χ4v) is 26.5. The van der Waals surface area contributed by atoms with Crippen molar-refractivity contribution in [1.29, 1.82) is 0 Å². The highest BCUT2D eigenvalue weighted by Gasteiger charge is 2.55. The fourth-order valence-electron chi connectivity index (χ4n) is 20.6. The molecule has 0 aliphatic heterocycles. The SMILES string of the molecule is CC(C)c1cc2c([nH]1)C(C)(C)c1cc(C(C)C)sc1-2.CC(C)c1cc2c([nH]1)C1(CC1)c1cc(C(C)C)sc1-2.CC(C)c1cc2c([nH]1)Cc1cc(C(C)C)sc1-2.CC(C)c1cc2c(ccc3c2nc(C(C)C)n3C)[nH]1.CC(C)c1cc2c(ccc3oc(C(C)C)cc32)[nH]1.CC(C)c1cc2c(ccc3oc(C(C)C)nc32)[nH]1.CC(C)c1cc2c(ccc3sc(C(C)C)cc32)[nH]1.CC(C)c1cc2c(ccc3sc(C(C)C)nc32)[nH]1. The van der Waals surface area contributed by atoms with Crippen molar-refractivity contribution in [2.24, 2.45) is 7.05 Å². The first-order valence-corrected chi connectivity index (χ1v) is 58.2. The van der Waals surface area contributed by atoms with E-state index in [1.165, 1.54) is 202 Å². The number of furan rings is 1. The van der Waals surface area contributed by atoms with E-state index in [0.717, 1.165) is 62.5 Å². The normalized spacial score (nSPS) is 13.8. The molecule has 8 N–H and O–H groups in total. The van der Waals surface area contributed by atoms with Crippen LogP contribution in [0.25, 0.3) is 139 Å². The van der Waals surface area contributed by atoms with Gasteiger partial charge < -0.3 is 53.3 Å². The monoisotopic (exact) mass is 2040 g/mol. The summed E-state index contributed by atoms with van der Waals surface area (Å²) >= 11 is 9.71. The van der Waals surface area contributed by atoms with Crippen molar-refractivity contribution in [3.8, 4) is 31.3 Å². The minimum Gasteiger partial charge on any atom is -0.461 e. The summed E-state index contributed by atoms with van der Waals surface area (Å²) in [5, 5.41) is 10.2. The summed E-state index contributed by atoms with van der Waals surface area (Å²) in [4.78, 5) is 53.3. The van der Waals surface area contributed by atoms with Crippen LogP contribution in [0.4, 0.5) is 0 Å². The number of thiazole rings is 1. The van der Waals surface area contributed by atoms with Gasteiger partial charge in [-0.25, -0.2) is 15.0 Å². The van der Waals surface area contributed by atoms with Crippen molar-refractivity contribution in [1.82, 2.24) is 59.4 Å². The van der Waals surface area contributed by atoms with Gasteiger partial charge in [0, 0.05) is 231 Å². The van der Waals surface area contributed by atoms with Crippen LogP contribution in [-0.4, -0.2) is 59.4 Å². The van der Waals surface area contributed by atoms with Crippen LogP contribution in [0.1, 0.15) is 464 Å². The third-order valence-corrected chi connectivity index (χ3v) is 37.3. The maximum atomic E-state index is 5.89. The van der Waals surface area contributed by atoms with Crippen molar-refractivity contribution in [3.63, 3.8) is 0 Å². The Morgan fingerprint density at radius 3 is 1.22 bits per heavy atom. The largest absolute Gasteiger partial charge is 0.461 e. The number of thiophene rings is 4. The highest BCUT2D eigenvalue weighted by Crippen LogP contribution is 2.65. The summed E-state index contributed by atoms with van der Waals surface area (Å²) in [5.41, 5.74) is 36.8.